The molecule has 1 N–H and O–H groups in total. The van der Waals surface area contributed by atoms with Gasteiger partial charge in [-0.25, -0.2) is 9.18 Å². The Morgan fingerprint density at radius 2 is 2.05 bits per heavy atom. The molecule has 1 aliphatic heterocycles. The van der Waals surface area contributed by atoms with Crippen molar-refractivity contribution in [3.05, 3.63) is 48.0 Å². The lowest BCUT2D eigenvalue weighted by atomic mass is 10.1. The molecule has 5 heteroatoms. The van der Waals surface area contributed by atoms with Crippen LogP contribution >= 0.6 is 11.8 Å². The number of rotatable bonds is 3. The number of carbonyl (C=O) groups is 1. The summed E-state index contributed by atoms with van der Waals surface area (Å²) in [6, 6.07) is 13.1. The lowest BCUT2D eigenvalue weighted by molar-refractivity contribution is 0.0499. The number of hydrogen-bond donors (Lipinski definition) is 1. The highest BCUT2D eigenvalue weighted by Crippen LogP contribution is 2.34. The molecule has 0 aromatic heterocycles. The van der Waals surface area contributed by atoms with E-state index in [1.165, 1.54) is 0 Å². The van der Waals surface area contributed by atoms with Crippen LogP contribution in [0.3, 0.4) is 0 Å². The zero-order valence-corrected chi connectivity index (χ0v) is 12.1. The van der Waals surface area contributed by atoms with Gasteiger partial charge < -0.3 is 9.84 Å². The maximum absolute atomic E-state index is 13.2. The third kappa shape index (κ3) is 3.19. The Labute approximate surface area is 126 Å². The van der Waals surface area contributed by atoms with Gasteiger partial charge in [0.25, 0.3) is 0 Å². The first-order valence-electron chi connectivity index (χ1n) is 6.77. The molecule has 0 bridgehead atoms. The minimum absolute atomic E-state index is 0.119. The van der Waals surface area contributed by atoms with E-state index in [0.29, 0.717) is 5.56 Å². The fourth-order valence-corrected chi connectivity index (χ4v) is 3.50. The number of fused-ring (bicyclic) bond motifs is 1. The summed E-state index contributed by atoms with van der Waals surface area (Å²) in [5, 5.41) is 11.2. The van der Waals surface area contributed by atoms with Gasteiger partial charge in [-0.3, -0.25) is 0 Å². The zero-order valence-electron chi connectivity index (χ0n) is 11.2. The summed E-state index contributed by atoms with van der Waals surface area (Å²) in [7, 11) is 0. The largest absolute Gasteiger partial charge is 0.461 e. The number of benzene rings is 2. The van der Waals surface area contributed by atoms with Crippen molar-refractivity contribution in [2.24, 2.45) is 0 Å². The smallest absolute Gasteiger partial charge is 0.338 e. The molecule has 3 atom stereocenters. The quantitative estimate of drug-likeness (QED) is 0.885. The summed E-state index contributed by atoms with van der Waals surface area (Å²) in [6.07, 6.45) is -1.02. The molecule has 1 aliphatic rings. The van der Waals surface area contributed by atoms with E-state index in [1.807, 2.05) is 30.3 Å². The first-order valence-corrected chi connectivity index (χ1v) is 7.71. The van der Waals surface area contributed by atoms with Gasteiger partial charge in [0.05, 0.1) is 5.56 Å². The average molecular weight is 306 g/mol. The molecule has 0 unspecified atom stereocenters. The van der Waals surface area contributed by atoms with Crippen LogP contribution in [0.2, 0.25) is 0 Å². The number of carbonyl (C=O) groups excluding carboxylic acids is 1. The minimum atomic E-state index is -1.24. The molecule has 1 saturated heterocycles. The summed E-state index contributed by atoms with van der Waals surface area (Å²) >= 11 is 1.12. The molecular weight excluding hydrogens is 291 g/mol. The van der Waals surface area contributed by atoms with Crippen molar-refractivity contribution in [1.82, 2.24) is 0 Å². The molecule has 0 spiro atoms. The molecular formula is C16H15FO3S. The van der Waals surface area contributed by atoms with Gasteiger partial charge in [0.15, 0.2) is 0 Å². The van der Waals surface area contributed by atoms with Crippen LogP contribution in [-0.4, -0.2) is 34.5 Å². The Balaban J connectivity index is 1.64. The maximum atomic E-state index is 13.2. The second-order valence-electron chi connectivity index (χ2n) is 5.06. The highest BCUT2D eigenvalue weighted by Gasteiger charge is 2.34. The predicted octanol–water partition coefficient (Wildman–Crippen LogP) is 3.16. The third-order valence-corrected chi connectivity index (χ3v) is 4.80. The van der Waals surface area contributed by atoms with Gasteiger partial charge in [-0.15, -0.1) is 11.8 Å². The van der Waals surface area contributed by atoms with Gasteiger partial charge >= 0.3 is 5.97 Å². The molecule has 0 radical (unpaired) electrons. The van der Waals surface area contributed by atoms with Crippen molar-refractivity contribution in [3.63, 3.8) is 0 Å². The normalized spacial score (nSPS) is 25.1. The van der Waals surface area contributed by atoms with Crippen LogP contribution in [0.4, 0.5) is 4.39 Å². The van der Waals surface area contributed by atoms with Crippen LogP contribution in [0.15, 0.2) is 42.5 Å². The molecule has 0 saturated carbocycles. The Bertz CT molecular complexity index is 651. The molecule has 2 aromatic carbocycles. The molecule has 0 amide bonds. The van der Waals surface area contributed by atoms with Gasteiger partial charge in [-0.2, -0.15) is 0 Å². The summed E-state index contributed by atoms with van der Waals surface area (Å²) in [5.74, 6) is -0.418. The lowest BCUT2D eigenvalue weighted by Crippen LogP contribution is -2.15. The lowest BCUT2D eigenvalue weighted by Gasteiger charge is -2.10. The van der Waals surface area contributed by atoms with E-state index in [-0.39, 0.29) is 18.3 Å². The predicted molar refractivity (Wildman–Crippen MR) is 81.1 cm³/mol. The SMILES string of the molecule is O=C(OC[C@@H]1C[C@H](F)[C@H](O)S1)c1ccc2ccccc2c1. The second-order valence-corrected chi connectivity index (χ2v) is 6.48. The van der Waals surface area contributed by atoms with Gasteiger partial charge in [-0.05, 0) is 29.3 Å². The fraction of sp³-hybridized carbons (Fsp3) is 0.312. The van der Waals surface area contributed by atoms with Crippen LogP contribution in [0.5, 0.6) is 0 Å². The number of alkyl halides is 1. The average Bonchev–Trinajstić information content (AvgIpc) is 2.83. The summed E-state index contributed by atoms with van der Waals surface area (Å²) < 4.78 is 18.4. The molecule has 3 rings (SSSR count). The molecule has 21 heavy (non-hydrogen) atoms. The van der Waals surface area contributed by atoms with E-state index in [4.69, 9.17) is 4.74 Å². The van der Waals surface area contributed by atoms with Crippen molar-refractivity contribution in [3.8, 4) is 0 Å². The Hall–Kier alpha value is -1.59. The fourth-order valence-electron chi connectivity index (χ4n) is 2.38. The molecule has 1 heterocycles. The number of esters is 1. The first-order chi connectivity index (χ1) is 10.1. The Kier molecular flexibility index (Phi) is 4.12. The molecule has 110 valence electrons. The number of ether oxygens (including phenoxy) is 1. The standard InChI is InChI=1S/C16H15FO3S/c17-14-8-13(21-16(14)19)9-20-15(18)12-6-5-10-3-1-2-4-11(10)7-12/h1-7,13-14,16,19H,8-9H2/t13-,14-,16+/m0/s1. The summed E-state index contributed by atoms with van der Waals surface area (Å²) in [5.41, 5.74) is -0.525. The highest BCUT2D eigenvalue weighted by atomic mass is 32.2. The number of aliphatic hydroxyl groups is 1. The molecule has 1 fully saturated rings. The summed E-state index contributed by atoms with van der Waals surface area (Å²) in [6.45, 7) is 0.119. The topological polar surface area (TPSA) is 46.5 Å². The van der Waals surface area contributed by atoms with Crippen molar-refractivity contribution in [2.45, 2.75) is 23.3 Å². The molecule has 0 aliphatic carbocycles. The number of hydrogen-bond acceptors (Lipinski definition) is 4. The minimum Gasteiger partial charge on any atom is -0.461 e. The number of thioether (sulfide) groups is 1. The van der Waals surface area contributed by atoms with E-state index >= 15 is 0 Å². The van der Waals surface area contributed by atoms with E-state index in [0.717, 1.165) is 22.5 Å². The van der Waals surface area contributed by atoms with Gasteiger partial charge in [-0.1, -0.05) is 30.3 Å². The molecule has 3 nitrogen and oxygen atoms in total. The van der Waals surface area contributed by atoms with E-state index in [9.17, 15) is 14.3 Å². The zero-order chi connectivity index (χ0) is 14.8. The van der Waals surface area contributed by atoms with Crippen molar-refractivity contribution in [2.75, 3.05) is 6.61 Å². The van der Waals surface area contributed by atoms with Crippen molar-refractivity contribution in [1.29, 1.82) is 0 Å². The van der Waals surface area contributed by atoms with Gasteiger partial charge in [0, 0.05) is 5.25 Å². The van der Waals surface area contributed by atoms with Crippen LogP contribution < -0.4 is 0 Å². The van der Waals surface area contributed by atoms with Crippen molar-refractivity contribution >= 4 is 28.5 Å². The maximum Gasteiger partial charge on any atom is 0.338 e. The van der Waals surface area contributed by atoms with Crippen LogP contribution in [0.25, 0.3) is 10.8 Å². The summed E-state index contributed by atoms with van der Waals surface area (Å²) in [4.78, 5) is 12.0. The first kappa shape index (κ1) is 14.4. The Morgan fingerprint density at radius 3 is 2.76 bits per heavy atom. The van der Waals surface area contributed by atoms with E-state index in [2.05, 4.69) is 0 Å². The van der Waals surface area contributed by atoms with Crippen molar-refractivity contribution < 1.29 is 19.0 Å². The Morgan fingerprint density at radius 1 is 1.29 bits per heavy atom. The van der Waals surface area contributed by atoms with Gasteiger partial charge in [0.1, 0.15) is 18.2 Å². The van der Waals surface area contributed by atoms with Gasteiger partial charge in [0.2, 0.25) is 0 Å². The van der Waals surface area contributed by atoms with Crippen LogP contribution in [0, 0.1) is 0 Å². The van der Waals surface area contributed by atoms with E-state index in [1.54, 1.807) is 12.1 Å². The highest BCUT2D eigenvalue weighted by molar-refractivity contribution is 8.00. The second kappa shape index (κ2) is 6.03. The third-order valence-electron chi connectivity index (χ3n) is 3.51. The number of halogens is 1. The van der Waals surface area contributed by atoms with Crippen LogP contribution in [-0.2, 0) is 4.74 Å². The number of aliphatic hydroxyl groups excluding tert-OH is 1. The molecule has 2 aromatic rings. The van der Waals surface area contributed by atoms with Crippen LogP contribution in [0.1, 0.15) is 16.8 Å². The van der Waals surface area contributed by atoms with E-state index < -0.39 is 17.6 Å². The monoisotopic (exact) mass is 306 g/mol.